The molecule has 1 aromatic heterocycles. The van der Waals surface area contributed by atoms with Gasteiger partial charge in [0.2, 0.25) is 5.91 Å². The Kier molecular flexibility index (Phi) is 5.76. The average molecular weight is 347 g/mol. The van der Waals surface area contributed by atoms with Gasteiger partial charge in [0.1, 0.15) is 5.76 Å². The topological polar surface area (TPSA) is 75.4 Å². The number of hydrogen-bond donors (Lipinski definition) is 1. The number of unbranched alkanes of at least 4 members (excludes halogenated alkanes) is 1. The fourth-order valence-corrected chi connectivity index (χ4v) is 3.49. The zero-order chi connectivity index (χ0) is 17.8. The Bertz CT molecular complexity index is 609. The van der Waals surface area contributed by atoms with Crippen LogP contribution in [-0.2, 0) is 4.79 Å². The molecule has 1 N–H and O–H groups in total. The largest absolute Gasteiger partial charge is 0.360 e. The van der Waals surface area contributed by atoms with Crippen LogP contribution in [0.1, 0.15) is 81.0 Å². The smallest absolute Gasteiger partial charge is 0.273 e. The number of likely N-dealkylation sites (tertiary alicyclic amines) is 1. The van der Waals surface area contributed by atoms with Gasteiger partial charge in [-0.1, -0.05) is 18.5 Å². The molecule has 0 bridgehead atoms. The van der Waals surface area contributed by atoms with Crippen LogP contribution in [0.2, 0.25) is 0 Å². The molecule has 0 spiro atoms. The van der Waals surface area contributed by atoms with Crippen LogP contribution in [0.4, 0.5) is 0 Å². The number of carbonyl (C=O) groups excluding carboxylic acids is 2. The van der Waals surface area contributed by atoms with Gasteiger partial charge in [-0.15, -0.1) is 0 Å². The molecule has 1 aliphatic heterocycles. The number of aromatic nitrogens is 1. The molecule has 1 saturated heterocycles. The van der Waals surface area contributed by atoms with Gasteiger partial charge in [0, 0.05) is 37.5 Å². The second-order valence-corrected chi connectivity index (χ2v) is 7.50. The SMILES string of the molecule is CCCCC(=O)N1CCCC(C(C)NC(=O)c2cc(C3CC3)on2)C1. The molecule has 2 fully saturated rings. The Morgan fingerprint density at radius 2 is 2.20 bits per heavy atom. The molecule has 6 nitrogen and oxygen atoms in total. The van der Waals surface area contributed by atoms with Gasteiger partial charge in [-0.05, 0) is 44.9 Å². The van der Waals surface area contributed by atoms with E-state index in [0.717, 1.165) is 57.4 Å². The van der Waals surface area contributed by atoms with Gasteiger partial charge in [0.25, 0.3) is 5.91 Å². The normalized spacial score (nSPS) is 21.8. The minimum Gasteiger partial charge on any atom is -0.360 e. The second kappa shape index (κ2) is 8.02. The van der Waals surface area contributed by atoms with Crippen molar-refractivity contribution in [1.82, 2.24) is 15.4 Å². The average Bonchev–Trinajstić information content (AvgIpc) is 3.36. The van der Waals surface area contributed by atoms with E-state index in [-0.39, 0.29) is 23.8 Å². The monoisotopic (exact) mass is 347 g/mol. The zero-order valence-corrected chi connectivity index (χ0v) is 15.3. The van der Waals surface area contributed by atoms with Crippen molar-refractivity contribution in [1.29, 1.82) is 0 Å². The molecule has 1 saturated carbocycles. The van der Waals surface area contributed by atoms with Crippen molar-refractivity contribution in [3.05, 3.63) is 17.5 Å². The van der Waals surface area contributed by atoms with Crippen LogP contribution < -0.4 is 5.32 Å². The van der Waals surface area contributed by atoms with E-state index in [0.29, 0.717) is 18.0 Å². The molecule has 1 aromatic rings. The summed E-state index contributed by atoms with van der Waals surface area (Å²) in [6.45, 7) is 5.69. The molecule has 2 atom stereocenters. The van der Waals surface area contributed by atoms with E-state index in [1.165, 1.54) is 0 Å². The molecule has 2 amide bonds. The van der Waals surface area contributed by atoms with E-state index < -0.39 is 0 Å². The number of amides is 2. The van der Waals surface area contributed by atoms with Crippen molar-refractivity contribution < 1.29 is 14.1 Å². The highest BCUT2D eigenvalue weighted by Crippen LogP contribution is 2.40. The summed E-state index contributed by atoms with van der Waals surface area (Å²) in [6.07, 6.45) is 6.89. The summed E-state index contributed by atoms with van der Waals surface area (Å²) in [5.74, 6) is 1.63. The molecule has 25 heavy (non-hydrogen) atoms. The molecule has 2 unspecified atom stereocenters. The summed E-state index contributed by atoms with van der Waals surface area (Å²) in [6, 6.07) is 1.77. The van der Waals surface area contributed by atoms with E-state index in [1.54, 1.807) is 6.07 Å². The first-order valence-corrected chi connectivity index (χ1v) is 9.63. The minimum atomic E-state index is -0.183. The molecule has 0 aromatic carbocycles. The molecule has 0 radical (unpaired) electrons. The number of rotatable bonds is 7. The summed E-state index contributed by atoms with van der Waals surface area (Å²) < 4.78 is 5.26. The van der Waals surface area contributed by atoms with E-state index in [1.807, 2.05) is 11.8 Å². The lowest BCUT2D eigenvalue weighted by molar-refractivity contribution is -0.133. The first-order valence-electron chi connectivity index (χ1n) is 9.63. The lowest BCUT2D eigenvalue weighted by Gasteiger charge is -2.36. The molecular weight excluding hydrogens is 318 g/mol. The van der Waals surface area contributed by atoms with Crippen molar-refractivity contribution >= 4 is 11.8 Å². The summed E-state index contributed by atoms with van der Waals surface area (Å²) in [7, 11) is 0. The number of hydrogen-bond acceptors (Lipinski definition) is 4. The Labute approximate surface area is 149 Å². The van der Waals surface area contributed by atoms with Crippen LogP contribution in [0.5, 0.6) is 0 Å². The lowest BCUT2D eigenvalue weighted by Crippen LogP contribution is -2.48. The van der Waals surface area contributed by atoms with E-state index in [2.05, 4.69) is 17.4 Å². The van der Waals surface area contributed by atoms with Gasteiger partial charge in [-0.3, -0.25) is 9.59 Å². The van der Waals surface area contributed by atoms with Gasteiger partial charge in [0.15, 0.2) is 5.69 Å². The molecule has 1 aliphatic carbocycles. The predicted molar refractivity (Wildman–Crippen MR) is 94.2 cm³/mol. The molecule has 2 aliphatic rings. The quantitative estimate of drug-likeness (QED) is 0.822. The van der Waals surface area contributed by atoms with Crippen molar-refractivity contribution in [3.63, 3.8) is 0 Å². The number of nitrogens with one attached hydrogen (secondary N) is 1. The maximum absolute atomic E-state index is 12.4. The Balaban J connectivity index is 1.51. The third-order valence-electron chi connectivity index (χ3n) is 5.36. The molecule has 3 rings (SSSR count). The maximum atomic E-state index is 12.4. The first-order chi connectivity index (χ1) is 12.1. The maximum Gasteiger partial charge on any atom is 0.273 e. The fourth-order valence-electron chi connectivity index (χ4n) is 3.49. The van der Waals surface area contributed by atoms with Gasteiger partial charge in [0.05, 0.1) is 0 Å². The van der Waals surface area contributed by atoms with Crippen LogP contribution in [0.15, 0.2) is 10.6 Å². The van der Waals surface area contributed by atoms with Crippen LogP contribution in [0, 0.1) is 5.92 Å². The van der Waals surface area contributed by atoms with Gasteiger partial charge in [-0.25, -0.2) is 0 Å². The van der Waals surface area contributed by atoms with E-state index in [4.69, 9.17) is 4.52 Å². The first kappa shape index (κ1) is 18.0. The Morgan fingerprint density at radius 3 is 2.92 bits per heavy atom. The van der Waals surface area contributed by atoms with Gasteiger partial charge in [-0.2, -0.15) is 0 Å². The highest BCUT2D eigenvalue weighted by Gasteiger charge is 2.31. The second-order valence-electron chi connectivity index (χ2n) is 7.50. The number of nitrogens with zero attached hydrogens (tertiary/aromatic N) is 2. The number of piperidine rings is 1. The molecule has 138 valence electrons. The van der Waals surface area contributed by atoms with E-state index in [9.17, 15) is 9.59 Å². The van der Waals surface area contributed by atoms with Crippen LogP contribution in [-0.4, -0.2) is 41.0 Å². The summed E-state index contributed by atoms with van der Waals surface area (Å²) in [4.78, 5) is 26.6. The van der Waals surface area contributed by atoms with Gasteiger partial charge >= 0.3 is 0 Å². The standard InChI is InChI=1S/C19H29N3O3/c1-3-4-7-18(23)22-10-5-6-15(12-22)13(2)20-19(24)16-11-17(25-21-16)14-8-9-14/h11,13-15H,3-10,12H2,1-2H3,(H,20,24). The zero-order valence-electron chi connectivity index (χ0n) is 15.3. The Morgan fingerprint density at radius 1 is 1.40 bits per heavy atom. The summed E-state index contributed by atoms with van der Waals surface area (Å²) in [5.41, 5.74) is 0.362. The summed E-state index contributed by atoms with van der Waals surface area (Å²) >= 11 is 0. The third kappa shape index (κ3) is 4.61. The third-order valence-corrected chi connectivity index (χ3v) is 5.36. The van der Waals surface area contributed by atoms with Crippen molar-refractivity contribution in [2.24, 2.45) is 5.92 Å². The molecule has 6 heteroatoms. The van der Waals surface area contributed by atoms with Gasteiger partial charge < -0.3 is 14.7 Å². The lowest BCUT2D eigenvalue weighted by atomic mass is 9.91. The predicted octanol–water partition coefficient (Wildman–Crippen LogP) is 3.10. The van der Waals surface area contributed by atoms with Crippen LogP contribution in [0.3, 0.4) is 0 Å². The van der Waals surface area contributed by atoms with Crippen molar-refractivity contribution in [3.8, 4) is 0 Å². The highest BCUT2D eigenvalue weighted by atomic mass is 16.5. The van der Waals surface area contributed by atoms with E-state index >= 15 is 0 Å². The highest BCUT2D eigenvalue weighted by molar-refractivity contribution is 5.92. The molecule has 2 heterocycles. The van der Waals surface area contributed by atoms with Crippen molar-refractivity contribution in [2.75, 3.05) is 13.1 Å². The Hall–Kier alpha value is -1.85. The van der Waals surface area contributed by atoms with Crippen molar-refractivity contribution in [2.45, 2.75) is 70.8 Å². The summed E-state index contributed by atoms with van der Waals surface area (Å²) in [5, 5.41) is 6.94. The number of carbonyl (C=O) groups is 2. The minimum absolute atomic E-state index is 0.00958. The fraction of sp³-hybridized carbons (Fsp3) is 0.737. The van der Waals surface area contributed by atoms with Crippen LogP contribution in [0.25, 0.3) is 0 Å². The van der Waals surface area contributed by atoms with Crippen LogP contribution >= 0.6 is 0 Å². The molecular formula is C19H29N3O3.